The molecule has 0 radical (unpaired) electrons. The third kappa shape index (κ3) is 7.64. The van der Waals surface area contributed by atoms with Crippen LogP contribution in [0.4, 0.5) is 0 Å². The number of aryl methyl sites for hydroxylation is 1. The summed E-state index contributed by atoms with van der Waals surface area (Å²) >= 11 is 1.56. The molecule has 6 nitrogen and oxygen atoms in total. The zero-order valence-electron chi connectivity index (χ0n) is 19.8. The molecule has 0 spiro atoms. The number of carbonyl (C=O) groups excluding carboxylic acids is 2. The first kappa shape index (κ1) is 26.4. The molecule has 1 aliphatic rings. The summed E-state index contributed by atoms with van der Waals surface area (Å²) in [6.07, 6.45) is 6.33. The lowest BCUT2D eigenvalue weighted by Gasteiger charge is -2.31. The van der Waals surface area contributed by atoms with Crippen molar-refractivity contribution in [2.24, 2.45) is 11.3 Å². The second-order valence-corrected chi connectivity index (χ2v) is 10.5. The van der Waals surface area contributed by atoms with Gasteiger partial charge in [0.2, 0.25) is 0 Å². The van der Waals surface area contributed by atoms with Crippen LogP contribution in [0.15, 0.2) is 23.1 Å². The highest BCUT2D eigenvalue weighted by atomic mass is 32.1. The van der Waals surface area contributed by atoms with Crippen molar-refractivity contribution >= 4 is 29.2 Å². The quantitative estimate of drug-likeness (QED) is 0.490. The number of carbonyl (C=O) groups is 2. The largest absolute Gasteiger partial charge is 0.457 e. The Morgan fingerprint density at radius 2 is 1.97 bits per heavy atom. The molecule has 0 amide bonds. The minimum Gasteiger partial charge on any atom is -0.457 e. The third-order valence-electron chi connectivity index (χ3n) is 6.30. The Labute approximate surface area is 195 Å². The predicted molar refractivity (Wildman–Crippen MR) is 127 cm³/mol. The summed E-state index contributed by atoms with van der Waals surface area (Å²) in [4.78, 5) is 29.9. The molecular formula is C25H37NO5S. The molecule has 4 atom stereocenters. The minimum atomic E-state index is -1.19. The normalized spacial score (nSPS) is 30.0. The number of nitrogens with zero attached hydrogens (tertiary/aromatic N) is 1. The number of aliphatic hydroxyl groups is 2. The molecule has 1 aromatic heterocycles. The Kier molecular flexibility index (Phi) is 9.80. The van der Waals surface area contributed by atoms with Crippen LogP contribution < -0.4 is 0 Å². The summed E-state index contributed by atoms with van der Waals surface area (Å²) in [5, 5.41) is 24.0. The Hall–Kier alpha value is -1.83. The number of ketones is 1. The molecule has 0 fully saturated rings. The molecular weight excluding hydrogens is 426 g/mol. The van der Waals surface area contributed by atoms with Crippen LogP contribution in [0.3, 0.4) is 0 Å². The van der Waals surface area contributed by atoms with Crippen molar-refractivity contribution in [1.82, 2.24) is 4.98 Å². The first-order chi connectivity index (χ1) is 15.0. The number of thiazole rings is 1. The maximum atomic E-state index is 12.8. The fourth-order valence-corrected chi connectivity index (χ4v) is 4.22. The highest BCUT2D eigenvalue weighted by Gasteiger charge is 2.38. The van der Waals surface area contributed by atoms with E-state index in [4.69, 9.17) is 4.74 Å². The van der Waals surface area contributed by atoms with Gasteiger partial charge in [-0.05, 0) is 50.7 Å². The first-order valence-electron chi connectivity index (χ1n) is 11.3. The fraction of sp³-hybridized carbons (Fsp3) is 0.640. The lowest BCUT2D eigenvalue weighted by atomic mass is 9.77. The van der Waals surface area contributed by atoms with Crippen molar-refractivity contribution < 1.29 is 24.5 Å². The number of Topliss-reactive ketones (excluding diaryl/α,β-unsaturated/α-hetero) is 1. The van der Waals surface area contributed by atoms with Gasteiger partial charge in [0.25, 0.3) is 0 Å². The SMILES string of the molecule is C/C(=C\c1csc(C)n1)[C@H]1C/C=C\CCC[C@@H](C)[C@@H](O)CC(=O)C(C)(C)[C@@H](O)CC(=O)O1. The van der Waals surface area contributed by atoms with E-state index >= 15 is 0 Å². The van der Waals surface area contributed by atoms with E-state index in [0.29, 0.717) is 6.42 Å². The van der Waals surface area contributed by atoms with Gasteiger partial charge < -0.3 is 14.9 Å². The third-order valence-corrected chi connectivity index (χ3v) is 7.10. The van der Waals surface area contributed by atoms with Gasteiger partial charge in [-0.25, -0.2) is 4.98 Å². The number of allylic oxidation sites excluding steroid dienone is 1. The van der Waals surface area contributed by atoms with Crippen molar-refractivity contribution in [2.75, 3.05) is 0 Å². The lowest BCUT2D eigenvalue weighted by molar-refractivity contribution is -0.153. The maximum absolute atomic E-state index is 12.8. The van der Waals surface area contributed by atoms with Crippen molar-refractivity contribution in [2.45, 2.75) is 91.5 Å². The van der Waals surface area contributed by atoms with Gasteiger partial charge in [0.15, 0.2) is 0 Å². The molecule has 0 bridgehead atoms. The highest BCUT2D eigenvalue weighted by Crippen LogP contribution is 2.29. The Balaban J connectivity index is 2.23. The van der Waals surface area contributed by atoms with E-state index in [1.807, 2.05) is 38.3 Å². The van der Waals surface area contributed by atoms with Crippen LogP contribution in [0.2, 0.25) is 0 Å². The van der Waals surface area contributed by atoms with Gasteiger partial charge in [-0.3, -0.25) is 9.59 Å². The molecule has 2 heterocycles. The average molecular weight is 464 g/mol. The van der Waals surface area contributed by atoms with Crippen LogP contribution in [-0.4, -0.2) is 45.3 Å². The molecule has 32 heavy (non-hydrogen) atoms. The molecule has 7 heteroatoms. The van der Waals surface area contributed by atoms with E-state index in [1.165, 1.54) is 0 Å². The predicted octanol–water partition coefficient (Wildman–Crippen LogP) is 4.63. The van der Waals surface area contributed by atoms with Gasteiger partial charge in [0.1, 0.15) is 11.9 Å². The molecule has 0 aliphatic carbocycles. The second kappa shape index (κ2) is 11.9. The van der Waals surface area contributed by atoms with Gasteiger partial charge >= 0.3 is 5.97 Å². The number of cyclic esters (lactones) is 1. The number of rotatable bonds is 2. The fourth-order valence-electron chi connectivity index (χ4n) is 3.65. The van der Waals surface area contributed by atoms with Crippen LogP contribution in [0.5, 0.6) is 0 Å². The zero-order chi connectivity index (χ0) is 23.9. The van der Waals surface area contributed by atoms with Gasteiger partial charge in [-0.15, -0.1) is 11.3 Å². The number of aliphatic hydroxyl groups excluding tert-OH is 2. The maximum Gasteiger partial charge on any atom is 0.309 e. The van der Waals surface area contributed by atoms with Crippen molar-refractivity contribution in [3.63, 3.8) is 0 Å². The molecule has 178 valence electrons. The Morgan fingerprint density at radius 1 is 1.25 bits per heavy atom. The smallest absolute Gasteiger partial charge is 0.309 e. The summed E-state index contributed by atoms with van der Waals surface area (Å²) in [7, 11) is 0. The number of ether oxygens (including phenoxy) is 1. The molecule has 2 N–H and O–H groups in total. The monoisotopic (exact) mass is 463 g/mol. The summed E-state index contributed by atoms with van der Waals surface area (Å²) < 4.78 is 5.73. The molecule has 0 aromatic carbocycles. The molecule has 1 aromatic rings. The molecule has 0 saturated carbocycles. The van der Waals surface area contributed by atoms with E-state index in [-0.39, 0.29) is 24.5 Å². The van der Waals surface area contributed by atoms with Gasteiger partial charge in [0.05, 0.1) is 29.3 Å². The van der Waals surface area contributed by atoms with E-state index in [1.54, 1.807) is 25.2 Å². The van der Waals surface area contributed by atoms with Crippen LogP contribution in [0.1, 0.15) is 76.9 Å². The molecule has 0 saturated heterocycles. The topological polar surface area (TPSA) is 96.7 Å². The van der Waals surface area contributed by atoms with Crippen LogP contribution in [0.25, 0.3) is 6.08 Å². The van der Waals surface area contributed by atoms with E-state index in [9.17, 15) is 19.8 Å². The zero-order valence-corrected chi connectivity index (χ0v) is 20.7. The number of esters is 1. The van der Waals surface area contributed by atoms with E-state index in [0.717, 1.165) is 35.5 Å². The number of aromatic nitrogens is 1. The lowest BCUT2D eigenvalue weighted by Crippen LogP contribution is -2.41. The van der Waals surface area contributed by atoms with Gasteiger partial charge in [-0.2, -0.15) is 0 Å². The van der Waals surface area contributed by atoms with Gasteiger partial charge in [0, 0.05) is 23.6 Å². The van der Waals surface area contributed by atoms with Crippen molar-refractivity contribution in [1.29, 1.82) is 0 Å². The summed E-state index contributed by atoms with van der Waals surface area (Å²) in [6.45, 7) is 9.02. The average Bonchev–Trinajstić information content (AvgIpc) is 3.12. The molecule has 0 unspecified atom stereocenters. The van der Waals surface area contributed by atoms with E-state index < -0.39 is 29.7 Å². The molecule has 1 aliphatic heterocycles. The second-order valence-electron chi connectivity index (χ2n) is 9.41. The van der Waals surface area contributed by atoms with Crippen LogP contribution >= 0.6 is 11.3 Å². The summed E-state index contributed by atoms with van der Waals surface area (Å²) in [5.74, 6) is -0.826. The van der Waals surface area contributed by atoms with Gasteiger partial charge in [-0.1, -0.05) is 32.9 Å². The summed E-state index contributed by atoms with van der Waals surface area (Å²) in [5.41, 5.74) is 0.544. The standard InChI is InChI=1S/C25H37NO5S/c1-16-10-8-6-7-9-11-21(17(2)12-19-15-32-18(3)26-19)31-24(30)14-23(29)25(4,5)22(28)13-20(16)27/h7,9,12,15-16,20-21,23,27,29H,6,8,10-11,13-14H2,1-5H3/b9-7-,17-12+/t16-,20+,21-,23+/m1/s1. The van der Waals surface area contributed by atoms with Crippen LogP contribution in [-0.2, 0) is 14.3 Å². The van der Waals surface area contributed by atoms with Crippen molar-refractivity contribution in [3.05, 3.63) is 33.8 Å². The number of hydrogen-bond donors (Lipinski definition) is 2. The highest BCUT2D eigenvalue weighted by molar-refractivity contribution is 7.09. The Bertz CT molecular complexity index is 841. The minimum absolute atomic E-state index is 0.0161. The Morgan fingerprint density at radius 3 is 2.62 bits per heavy atom. The van der Waals surface area contributed by atoms with Crippen molar-refractivity contribution in [3.8, 4) is 0 Å². The van der Waals surface area contributed by atoms with E-state index in [2.05, 4.69) is 11.1 Å². The summed E-state index contributed by atoms with van der Waals surface area (Å²) in [6, 6.07) is 0. The van der Waals surface area contributed by atoms with Crippen LogP contribution in [0, 0.1) is 18.3 Å². The number of hydrogen-bond acceptors (Lipinski definition) is 7. The first-order valence-corrected chi connectivity index (χ1v) is 12.2. The molecule has 2 rings (SSSR count).